The first-order valence-corrected chi connectivity index (χ1v) is 8.22. The largest absolute Gasteiger partial charge is 0.493 e. The molecule has 0 fully saturated rings. The molecule has 21 heavy (non-hydrogen) atoms. The van der Waals surface area contributed by atoms with Crippen LogP contribution in [0.4, 0.5) is 0 Å². The second-order valence-electron chi connectivity index (χ2n) is 5.40. The van der Waals surface area contributed by atoms with Crippen LogP contribution in [-0.4, -0.2) is 13.2 Å². The van der Waals surface area contributed by atoms with Crippen LogP contribution in [0.15, 0.2) is 33.4 Å². The summed E-state index contributed by atoms with van der Waals surface area (Å²) in [7, 11) is 0. The molecule has 3 nitrogen and oxygen atoms in total. The van der Waals surface area contributed by atoms with Crippen LogP contribution in [0.25, 0.3) is 0 Å². The summed E-state index contributed by atoms with van der Waals surface area (Å²) in [5, 5.41) is 3.63. The lowest BCUT2D eigenvalue weighted by Gasteiger charge is -2.21. The summed E-state index contributed by atoms with van der Waals surface area (Å²) < 4.78 is 12.5. The van der Waals surface area contributed by atoms with Crippen molar-refractivity contribution in [1.82, 2.24) is 5.32 Å². The molecule has 1 atom stereocenters. The van der Waals surface area contributed by atoms with Crippen molar-refractivity contribution in [3.05, 3.63) is 51.4 Å². The van der Waals surface area contributed by atoms with Gasteiger partial charge in [0.05, 0.1) is 18.9 Å². The Bertz CT molecular complexity index is 636. The van der Waals surface area contributed by atoms with Gasteiger partial charge in [-0.25, -0.2) is 0 Å². The Morgan fingerprint density at radius 3 is 2.90 bits per heavy atom. The molecule has 0 radical (unpaired) electrons. The van der Waals surface area contributed by atoms with E-state index in [4.69, 9.17) is 9.15 Å². The lowest BCUT2D eigenvalue weighted by atomic mass is 9.96. The van der Waals surface area contributed by atoms with Gasteiger partial charge in [0, 0.05) is 22.0 Å². The summed E-state index contributed by atoms with van der Waals surface area (Å²) in [5.74, 6) is 1.99. The molecule has 0 amide bonds. The van der Waals surface area contributed by atoms with Crippen molar-refractivity contribution in [3.63, 3.8) is 0 Å². The lowest BCUT2D eigenvalue weighted by Crippen LogP contribution is -2.24. The summed E-state index contributed by atoms with van der Waals surface area (Å²) in [6.07, 6.45) is 3.82. The highest BCUT2D eigenvalue weighted by atomic mass is 79.9. The van der Waals surface area contributed by atoms with Gasteiger partial charge in [0.25, 0.3) is 0 Å². The highest BCUT2D eigenvalue weighted by Crippen LogP contribution is 2.39. The van der Waals surface area contributed by atoms with Crippen molar-refractivity contribution >= 4 is 15.9 Å². The van der Waals surface area contributed by atoms with Gasteiger partial charge in [0.15, 0.2) is 0 Å². The Hall–Kier alpha value is -1.26. The van der Waals surface area contributed by atoms with Gasteiger partial charge in [-0.15, -0.1) is 0 Å². The van der Waals surface area contributed by atoms with Crippen molar-refractivity contribution < 1.29 is 9.15 Å². The molecule has 112 valence electrons. The Morgan fingerprint density at radius 2 is 2.19 bits per heavy atom. The van der Waals surface area contributed by atoms with Crippen LogP contribution in [0.5, 0.6) is 5.75 Å². The maximum atomic E-state index is 5.89. The van der Waals surface area contributed by atoms with Crippen LogP contribution >= 0.6 is 15.9 Å². The number of hydrogen-bond donors (Lipinski definition) is 1. The Kier molecular flexibility index (Phi) is 4.36. The third-order valence-electron chi connectivity index (χ3n) is 3.90. The molecule has 0 saturated heterocycles. The van der Waals surface area contributed by atoms with Crippen molar-refractivity contribution in [2.45, 2.75) is 32.7 Å². The maximum Gasteiger partial charge on any atom is 0.127 e. The zero-order valence-electron chi connectivity index (χ0n) is 12.4. The summed E-state index contributed by atoms with van der Waals surface area (Å²) in [5.41, 5.74) is 3.65. The van der Waals surface area contributed by atoms with Gasteiger partial charge in [0.2, 0.25) is 0 Å². The zero-order valence-corrected chi connectivity index (χ0v) is 14.0. The van der Waals surface area contributed by atoms with E-state index in [1.165, 1.54) is 16.7 Å². The Morgan fingerprint density at radius 1 is 1.33 bits per heavy atom. The topological polar surface area (TPSA) is 34.4 Å². The van der Waals surface area contributed by atoms with Gasteiger partial charge in [-0.1, -0.05) is 22.9 Å². The third-order valence-corrected chi connectivity index (χ3v) is 4.35. The van der Waals surface area contributed by atoms with Crippen molar-refractivity contribution in [2.24, 2.45) is 0 Å². The molecule has 1 aliphatic rings. The first-order chi connectivity index (χ1) is 10.2. The highest BCUT2D eigenvalue weighted by Gasteiger charge is 2.26. The number of furan rings is 1. The maximum absolute atomic E-state index is 5.89. The molecule has 1 unspecified atom stereocenters. The molecule has 1 N–H and O–H groups in total. The molecular formula is C17H20BrNO2. The average molecular weight is 350 g/mol. The minimum atomic E-state index is 0.105. The van der Waals surface area contributed by atoms with Gasteiger partial charge >= 0.3 is 0 Å². The lowest BCUT2D eigenvalue weighted by molar-refractivity contribution is 0.350. The van der Waals surface area contributed by atoms with Crippen LogP contribution in [0.3, 0.4) is 0 Å². The van der Waals surface area contributed by atoms with E-state index in [-0.39, 0.29) is 6.04 Å². The van der Waals surface area contributed by atoms with Crippen molar-refractivity contribution in [1.29, 1.82) is 0 Å². The first kappa shape index (κ1) is 14.7. The van der Waals surface area contributed by atoms with Crippen molar-refractivity contribution in [3.8, 4) is 5.75 Å². The second-order valence-corrected chi connectivity index (χ2v) is 6.32. The summed E-state index contributed by atoms with van der Waals surface area (Å²) >= 11 is 3.63. The number of aryl methyl sites for hydroxylation is 1. The number of rotatable bonds is 5. The van der Waals surface area contributed by atoms with Crippen molar-refractivity contribution in [2.75, 3.05) is 13.2 Å². The van der Waals surface area contributed by atoms with Crippen LogP contribution in [0.2, 0.25) is 0 Å². The number of fused-ring (bicyclic) bond motifs is 1. The number of benzene rings is 1. The Labute approximate surface area is 133 Å². The van der Waals surface area contributed by atoms with Crippen LogP contribution < -0.4 is 10.1 Å². The van der Waals surface area contributed by atoms with E-state index in [0.29, 0.717) is 0 Å². The summed E-state index contributed by atoms with van der Waals surface area (Å²) in [6.45, 7) is 5.91. The molecule has 0 aliphatic carbocycles. The molecule has 1 aliphatic heterocycles. The van der Waals surface area contributed by atoms with E-state index in [1.807, 2.05) is 13.0 Å². The SMILES string of the molecule is CCCNC(c1ccoc1C)c1cc(Br)cc2c1OCC2. The molecule has 2 heterocycles. The standard InChI is InChI=1S/C17H20BrNO2/c1-3-6-19-16(14-5-8-20-11(14)2)15-10-13(18)9-12-4-7-21-17(12)15/h5,8-10,16,19H,3-4,6-7H2,1-2H3. The minimum Gasteiger partial charge on any atom is -0.493 e. The molecule has 0 bridgehead atoms. The predicted molar refractivity (Wildman–Crippen MR) is 86.9 cm³/mol. The summed E-state index contributed by atoms with van der Waals surface area (Å²) in [6, 6.07) is 6.47. The molecule has 1 aromatic carbocycles. The highest BCUT2D eigenvalue weighted by molar-refractivity contribution is 9.10. The van der Waals surface area contributed by atoms with E-state index in [0.717, 1.165) is 42.0 Å². The fourth-order valence-corrected chi connectivity index (χ4v) is 3.41. The van der Waals surface area contributed by atoms with Crippen LogP contribution in [0.1, 0.15) is 41.8 Å². The monoisotopic (exact) mass is 349 g/mol. The fraction of sp³-hybridized carbons (Fsp3) is 0.412. The normalized spacial score (nSPS) is 14.8. The molecule has 0 spiro atoms. The molecular weight excluding hydrogens is 330 g/mol. The first-order valence-electron chi connectivity index (χ1n) is 7.43. The van der Waals surface area contributed by atoms with E-state index in [9.17, 15) is 0 Å². The van der Waals surface area contributed by atoms with Gasteiger partial charge in [-0.05, 0) is 43.7 Å². The number of ether oxygens (including phenoxy) is 1. The number of nitrogens with one attached hydrogen (secondary N) is 1. The van der Waals surface area contributed by atoms with E-state index >= 15 is 0 Å². The quantitative estimate of drug-likeness (QED) is 0.869. The van der Waals surface area contributed by atoms with Gasteiger partial charge < -0.3 is 14.5 Å². The fourth-order valence-electron chi connectivity index (χ4n) is 2.88. The van der Waals surface area contributed by atoms with Gasteiger partial charge in [-0.3, -0.25) is 0 Å². The molecule has 1 aromatic heterocycles. The number of hydrogen-bond acceptors (Lipinski definition) is 3. The summed E-state index contributed by atoms with van der Waals surface area (Å²) in [4.78, 5) is 0. The predicted octanol–water partition coefficient (Wildman–Crippen LogP) is 4.37. The average Bonchev–Trinajstić information content (AvgIpc) is 3.08. The molecule has 4 heteroatoms. The molecule has 2 aromatic rings. The van der Waals surface area contributed by atoms with E-state index in [1.54, 1.807) is 6.26 Å². The molecule has 3 rings (SSSR count). The number of halogens is 1. The van der Waals surface area contributed by atoms with E-state index < -0.39 is 0 Å². The van der Waals surface area contributed by atoms with E-state index in [2.05, 4.69) is 40.3 Å². The van der Waals surface area contributed by atoms with Gasteiger partial charge in [-0.2, -0.15) is 0 Å². The Balaban J connectivity index is 2.07. The second kappa shape index (κ2) is 6.24. The minimum absolute atomic E-state index is 0.105. The van der Waals surface area contributed by atoms with Crippen LogP contribution in [-0.2, 0) is 6.42 Å². The van der Waals surface area contributed by atoms with Gasteiger partial charge in [0.1, 0.15) is 11.5 Å². The smallest absolute Gasteiger partial charge is 0.127 e. The molecule has 0 saturated carbocycles. The third kappa shape index (κ3) is 2.87. The van der Waals surface area contributed by atoms with Crippen LogP contribution in [0, 0.1) is 6.92 Å². The zero-order chi connectivity index (χ0) is 14.8.